The number of likely N-dealkylation sites (tertiary alicyclic amines) is 1. The number of non-ortho nitro benzene ring substituents is 1. The molecule has 2 aromatic carbocycles. The van der Waals surface area contributed by atoms with Crippen LogP contribution < -0.4 is 5.32 Å². The molecule has 0 radical (unpaired) electrons. The molecule has 1 atom stereocenters. The highest BCUT2D eigenvalue weighted by Crippen LogP contribution is 2.25. The van der Waals surface area contributed by atoms with E-state index in [-0.39, 0.29) is 17.5 Å². The zero-order chi connectivity index (χ0) is 19.4. The lowest BCUT2D eigenvalue weighted by Gasteiger charge is -2.32. The maximum atomic E-state index is 12.7. The van der Waals surface area contributed by atoms with Gasteiger partial charge < -0.3 is 5.32 Å². The van der Waals surface area contributed by atoms with Crippen molar-refractivity contribution < 1.29 is 9.72 Å². The topological polar surface area (TPSA) is 75.5 Å². The molecule has 2 aromatic rings. The smallest absolute Gasteiger partial charge is 0.271 e. The van der Waals surface area contributed by atoms with E-state index in [2.05, 4.69) is 10.2 Å². The number of nitro benzene ring substituents is 1. The van der Waals surface area contributed by atoms with Crippen LogP contribution in [0.5, 0.6) is 0 Å². The lowest BCUT2D eigenvalue weighted by atomic mass is 9.96. The molecule has 0 saturated carbocycles. The number of anilines is 1. The van der Waals surface area contributed by atoms with Crippen LogP contribution >= 0.6 is 11.6 Å². The fourth-order valence-electron chi connectivity index (χ4n) is 3.40. The number of hydrogen-bond acceptors (Lipinski definition) is 4. The van der Waals surface area contributed by atoms with E-state index >= 15 is 0 Å². The van der Waals surface area contributed by atoms with Crippen molar-refractivity contribution in [3.8, 4) is 0 Å². The Morgan fingerprint density at radius 2 is 2.15 bits per heavy atom. The molecule has 0 bridgehead atoms. The maximum Gasteiger partial charge on any atom is 0.271 e. The number of amides is 1. The molecule has 6 nitrogen and oxygen atoms in total. The highest BCUT2D eigenvalue weighted by Gasteiger charge is 2.26. The Kier molecular flexibility index (Phi) is 6.08. The van der Waals surface area contributed by atoms with E-state index < -0.39 is 4.92 Å². The molecule has 142 valence electrons. The van der Waals surface area contributed by atoms with Gasteiger partial charge in [0, 0.05) is 30.2 Å². The standard InChI is InChI=1S/C20H22ClN3O3/c1-14-7-8-18(24(26)27)11-19(14)22-20(25)16-5-3-9-23(13-16)12-15-4-2-6-17(21)10-15/h2,4,6-8,10-11,16H,3,5,9,12-13H2,1H3,(H,22,25). The highest BCUT2D eigenvalue weighted by atomic mass is 35.5. The second-order valence-corrected chi connectivity index (χ2v) is 7.39. The molecule has 1 heterocycles. The summed E-state index contributed by atoms with van der Waals surface area (Å²) in [5.74, 6) is -0.231. The van der Waals surface area contributed by atoms with Gasteiger partial charge in [-0.05, 0) is 49.6 Å². The summed E-state index contributed by atoms with van der Waals surface area (Å²) < 4.78 is 0. The number of halogens is 1. The summed E-state index contributed by atoms with van der Waals surface area (Å²) in [6.45, 7) is 4.17. The normalized spacial score (nSPS) is 17.5. The van der Waals surface area contributed by atoms with Crippen LogP contribution in [-0.4, -0.2) is 28.8 Å². The molecule has 1 saturated heterocycles. The first-order chi connectivity index (χ1) is 12.9. The Morgan fingerprint density at radius 3 is 2.89 bits per heavy atom. The van der Waals surface area contributed by atoms with Crippen molar-refractivity contribution in [2.45, 2.75) is 26.3 Å². The third-order valence-electron chi connectivity index (χ3n) is 4.86. The van der Waals surface area contributed by atoms with Gasteiger partial charge in [0.2, 0.25) is 5.91 Å². The maximum absolute atomic E-state index is 12.7. The van der Waals surface area contributed by atoms with Gasteiger partial charge in [-0.2, -0.15) is 0 Å². The van der Waals surface area contributed by atoms with Crippen LogP contribution in [0.1, 0.15) is 24.0 Å². The number of nitrogens with zero attached hydrogens (tertiary/aromatic N) is 2. The molecular weight excluding hydrogens is 366 g/mol. The van der Waals surface area contributed by atoms with Crippen molar-refractivity contribution >= 4 is 28.9 Å². The second kappa shape index (κ2) is 8.50. The lowest BCUT2D eigenvalue weighted by molar-refractivity contribution is -0.384. The summed E-state index contributed by atoms with van der Waals surface area (Å²) in [6, 6.07) is 12.3. The van der Waals surface area contributed by atoms with E-state index in [4.69, 9.17) is 11.6 Å². The number of carbonyl (C=O) groups is 1. The third kappa shape index (κ3) is 5.05. The van der Waals surface area contributed by atoms with Crippen molar-refractivity contribution in [1.29, 1.82) is 0 Å². The quantitative estimate of drug-likeness (QED) is 0.609. The fraction of sp³-hybridized carbons (Fsp3) is 0.350. The summed E-state index contributed by atoms with van der Waals surface area (Å²) in [6.07, 6.45) is 1.75. The predicted octanol–water partition coefficient (Wildman–Crippen LogP) is 4.41. The molecule has 7 heteroatoms. The van der Waals surface area contributed by atoms with E-state index in [1.54, 1.807) is 6.07 Å². The number of benzene rings is 2. The molecule has 0 aliphatic carbocycles. The SMILES string of the molecule is Cc1ccc([N+](=O)[O-])cc1NC(=O)C1CCCN(Cc2cccc(Cl)c2)C1. The minimum absolute atomic E-state index is 0.0258. The first-order valence-electron chi connectivity index (χ1n) is 8.95. The van der Waals surface area contributed by atoms with Crippen LogP contribution in [0.15, 0.2) is 42.5 Å². The van der Waals surface area contributed by atoms with Gasteiger partial charge >= 0.3 is 0 Å². The second-order valence-electron chi connectivity index (χ2n) is 6.95. The number of nitro groups is 1. The molecule has 1 fully saturated rings. The Labute approximate surface area is 163 Å². The third-order valence-corrected chi connectivity index (χ3v) is 5.10. The van der Waals surface area contributed by atoms with Crippen molar-refractivity contribution in [3.05, 3.63) is 68.7 Å². The molecule has 1 aliphatic heterocycles. The first-order valence-corrected chi connectivity index (χ1v) is 9.33. The van der Waals surface area contributed by atoms with Crippen molar-refractivity contribution in [1.82, 2.24) is 4.90 Å². The van der Waals surface area contributed by atoms with Gasteiger partial charge in [-0.15, -0.1) is 0 Å². The Bertz CT molecular complexity index is 856. The molecule has 1 N–H and O–H groups in total. The van der Waals surface area contributed by atoms with Gasteiger partial charge in [-0.1, -0.05) is 29.8 Å². The zero-order valence-electron chi connectivity index (χ0n) is 15.2. The minimum atomic E-state index is -0.456. The average molecular weight is 388 g/mol. The number of carbonyl (C=O) groups excluding carboxylic acids is 1. The van der Waals surface area contributed by atoms with Crippen molar-refractivity contribution in [3.63, 3.8) is 0 Å². The zero-order valence-corrected chi connectivity index (χ0v) is 15.9. The van der Waals surface area contributed by atoms with Crippen LogP contribution in [-0.2, 0) is 11.3 Å². The Hall–Kier alpha value is -2.44. The molecule has 27 heavy (non-hydrogen) atoms. The first kappa shape index (κ1) is 19.3. The largest absolute Gasteiger partial charge is 0.325 e. The number of nitrogens with one attached hydrogen (secondary N) is 1. The Morgan fingerprint density at radius 1 is 1.33 bits per heavy atom. The van der Waals surface area contributed by atoms with E-state index in [1.165, 1.54) is 12.1 Å². The molecule has 0 spiro atoms. The summed E-state index contributed by atoms with van der Waals surface area (Å²) in [5, 5.41) is 14.6. The van der Waals surface area contributed by atoms with Crippen LogP contribution in [0.25, 0.3) is 0 Å². The van der Waals surface area contributed by atoms with Gasteiger partial charge in [-0.25, -0.2) is 0 Å². The number of hydrogen-bond donors (Lipinski definition) is 1. The minimum Gasteiger partial charge on any atom is -0.325 e. The number of rotatable bonds is 5. The molecule has 1 aliphatic rings. The van der Waals surface area contributed by atoms with E-state index in [1.807, 2.05) is 31.2 Å². The number of piperidine rings is 1. The summed E-state index contributed by atoms with van der Waals surface area (Å²) in [5.41, 5.74) is 2.40. The van der Waals surface area contributed by atoms with E-state index in [0.717, 1.165) is 37.1 Å². The monoisotopic (exact) mass is 387 g/mol. The van der Waals surface area contributed by atoms with E-state index in [9.17, 15) is 14.9 Å². The summed E-state index contributed by atoms with van der Waals surface area (Å²) >= 11 is 6.05. The summed E-state index contributed by atoms with van der Waals surface area (Å²) in [7, 11) is 0. The van der Waals surface area contributed by atoms with Crippen LogP contribution in [0.3, 0.4) is 0 Å². The molecule has 1 unspecified atom stereocenters. The molecule has 1 amide bonds. The van der Waals surface area contributed by atoms with Gasteiger partial charge in [0.1, 0.15) is 0 Å². The summed E-state index contributed by atoms with van der Waals surface area (Å²) in [4.78, 5) is 25.5. The van der Waals surface area contributed by atoms with Gasteiger partial charge in [0.15, 0.2) is 0 Å². The highest BCUT2D eigenvalue weighted by molar-refractivity contribution is 6.30. The molecule has 3 rings (SSSR count). The number of aryl methyl sites for hydroxylation is 1. The predicted molar refractivity (Wildman–Crippen MR) is 106 cm³/mol. The van der Waals surface area contributed by atoms with E-state index in [0.29, 0.717) is 17.3 Å². The van der Waals surface area contributed by atoms with Crippen LogP contribution in [0, 0.1) is 23.0 Å². The molecular formula is C20H22ClN3O3. The van der Waals surface area contributed by atoms with Gasteiger partial charge in [0.05, 0.1) is 16.5 Å². The lowest BCUT2D eigenvalue weighted by Crippen LogP contribution is -2.40. The van der Waals surface area contributed by atoms with Gasteiger partial charge in [-0.3, -0.25) is 19.8 Å². The van der Waals surface area contributed by atoms with Gasteiger partial charge in [0.25, 0.3) is 5.69 Å². The molecule has 0 aromatic heterocycles. The Balaban J connectivity index is 1.65. The average Bonchev–Trinajstić information content (AvgIpc) is 2.63. The fourth-order valence-corrected chi connectivity index (χ4v) is 3.61. The van der Waals surface area contributed by atoms with Crippen molar-refractivity contribution in [2.75, 3.05) is 18.4 Å². The van der Waals surface area contributed by atoms with Crippen LogP contribution in [0.2, 0.25) is 5.02 Å². The van der Waals surface area contributed by atoms with Crippen LogP contribution in [0.4, 0.5) is 11.4 Å². The van der Waals surface area contributed by atoms with Crippen molar-refractivity contribution in [2.24, 2.45) is 5.92 Å².